The third kappa shape index (κ3) is 5.36. The highest BCUT2D eigenvalue weighted by molar-refractivity contribution is 7.15. The van der Waals surface area contributed by atoms with Gasteiger partial charge in [0.25, 0.3) is 0 Å². The largest absolute Gasteiger partial charge is 0.469 e. The van der Waals surface area contributed by atoms with Crippen LogP contribution in [0.2, 0.25) is 5.02 Å². The molecule has 6 atom stereocenters. The van der Waals surface area contributed by atoms with E-state index >= 15 is 0 Å². The second kappa shape index (κ2) is 10.8. The molecule has 0 bridgehead atoms. The van der Waals surface area contributed by atoms with Gasteiger partial charge in [-0.25, -0.2) is 4.98 Å². The van der Waals surface area contributed by atoms with E-state index in [0.29, 0.717) is 17.0 Å². The summed E-state index contributed by atoms with van der Waals surface area (Å²) in [4.78, 5) is 17.4. The zero-order valence-corrected chi connectivity index (χ0v) is 21.0. The molecule has 0 radical (unpaired) electrons. The number of benzene rings is 1. The zero-order valence-electron chi connectivity index (χ0n) is 18.6. The molecular weight excluding hydrogens is 498 g/mol. The van der Waals surface area contributed by atoms with Gasteiger partial charge in [-0.15, -0.1) is 11.3 Å². The van der Waals surface area contributed by atoms with E-state index in [2.05, 4.69) is 16.4 Å². The van der Waals surface area contributed by atoms with Crippen LogP contribution in [0.15, 0.2) is 41.2 Å². The number of carbonyl (C=O) groups excluding carboxylic acids is 1. The molecule has 182 valence electrons. The van der Waals surface area contributed by atoms with Crippen LogP contribution in [0.5, 0.6) is 0 Å². The number of carbonyl (C=O) groups is 1. The van der Waals surface area contributed by atoms with E-state index in [1.165, 1.54) is 7.11 Å². The Labute approximate surface area is 210 Å². The molecule has 4 rings (SSSR count). The molecular formula is C24H26ClNO6S2. The summed E-state index contributed by atoms with van der Waals surface area (Å²) < 4.78 is 10.8. The molecule has 1 unspecified atom stereocenters. The number of thiophene rings is 1. The minimum absolute atomic E-state index is 0.138. The molecule has 3 N–H and O–H groups in total. The Morgan fingerprint density at radius 1 is 1.24 bits per heavy atom. The van der Waals surface area contributed by atoms with Crippen molar-refractivity contribution in [2.24, 2.45) is 5.92 Å². The Morgan fingerprint density at radius 3 is 2.74 bits per heavy atom. The Bertz CT molecular complexity index is 1120. The van der Waals surface area contributed by atoms with Crippen LogP contribution in [0.3, 0.4) is 0 Å². The van der Waals surface area contributed by atoms with Gasteiger partial charge in [-0.1, -0.05) is 30.7 Å². The van der Waals surface area contributed by atoms with Crippen molar-refractivity contribution in [2.75, 3.05) is 7.11 Å². The molecule has 3 heterocycles. The van der Waals surface area contributed by atoms with Crippen LogP contribution in [0.25, 0.3) is 10.4 Å². The van der Waals surface area contributed by atoms with Crippen molar-refractivity contribution in [2.45, 2.75) is 50.3 Å². The number of aromatic nitrogens is 1. The number of thiazole rings is 1. The average Bonchev–Trinajstić information content (AvgIpc) is 3.52. The van der Waals surface area contributed by atoms with Gasteiger partial charge in [-0.2, -0.15) is 11.3 Å². The summed E-state index contributed by atoms with van der Waals surface area (Å²) in [5.74, 6) is -0.983. The van der Waals surface area contributed by atoms with Gasteiger partial charge < -0.3 is 24.8 Å². The monoisotopic (exact) mass is 523 g/mol. The van der Waals surface area contributed by atoms with Gasteiger partial charge in [-0.05, 0) is 40.4 Å². The van der Waals surface area contributed by atoms with Crippen LogP contribution in [0, 0.1) is 5.92 Å². The Hall–Kier alpha value is -1.85. The van der Waals surface area contributed by atoms with E-state index < -0.39 is 42.4 Å². The second-order valence-electron chi connectivity index (χ2n) is 8.38. The highest BCUT2D eigenvalue weighted by atomic mass is 35.5. The molecule has 1 aliphatic heterocycles. The van der Waals surface area contributed by atoms with E-state index in [1.807, 2.05) is 17.6 Å². The number of esters is 1. The van der Waals surface area contributed by atoms with Crippen molar-refractivity contribution in [1.29, 1.82) is 0 Å². The Morgan fingerprint density at radius 2 is 2.03 bits per heavy atom. The van der Waals surface area contributed by atoms with E-state index in [9.17, 15) is 20.1 Å². The lowest BCUT2D eigenvalue weighted by molar-refractivity contribution is -0.228. The lowest BCUT2D eigenvalue weighted by Gasteiger charge is -2.41. The molecule has 34 heavy (non-hydrogen) atoms. The minimum Gasteiger partial charge on any atom is -0.469 e. The molecule has 2 aromatic heterocycles. The number of nitrogens with zero attached hydrogens (tertiary/aromatic N) is 1. The van der Waals surface area contributed by atoms with Crippen molar-refractivity contribution in [3.63, 3.8) is 0 Å². The summed E-state index contributed by atoms with van der Waals surface area (Å²) in [5.41, 5.74) is 2.55. The molecule has 1 saturated heterocycles. The fraction of sp³-hybridized carbons (Fsp3) is 0.417. The quantitative estimate of drug-likeness (QED) is 0.404. The Kier molecular flexibility index (Phi) is 8.04. The molecule has 0 spiro atoms. The number of halogens is 1. The van der Waals surface area contributed by atoms with Gasteiger partial charge in [0.2, 0.25) is 0 Å². The number of aliphatic hydroxyl groups is 3. The van der Waals surface area contributed by atoms with E-state index in [0.717, 1.165) is 21.0 Å². The first-order valence-electron chi connectivity index (χ1n) is 10.8. The lowest BCUT2D eigenvalue weighted by atomic mass is 9.87. The standard InChI is InChI=1S/C24H26ClNO6S2/c1-12(24(30)31-2)7-17-20(27)21(28)22(29)23(32-17)13-3-4-16(25)15(8-13)9-19-26-10-18(34-19)14-5-6-33-11-14/h3-6,8,10-12,17,20-23,27-29H,7,9H2,1-2H3/t12?,17-,20-,21-,22-,23+/m1/s1. The van der Waals surface area contributed by atoms with Crippen molar-refractivity contribution < 1.29 is 29.6 Å². The van der Waals surface area contributed by atoms with Crippen molar-refractivity contribution in [1.82, 2.24) is 4.98 Å². The predicted molar refractivity (Wildman–Crippen MR) is 131 cm³/mol. The Balaban J connectivity index is 1.55. The smallest absolute Gasteiger partial charge is 0.308 e. The number of hydrogen-bond donors (Lipinski definition) is 3. The van der Waals surface area contributed by atoms with E-state index in [-0.39, 0.29) is 6.42 Å². The average molecular weight is 524 g/mol. The van der Waals surface area contributed by atoms with Crippen LogP contribution in [0.4, 0.5) is 0 Å². The van der Waals surface area contributed by atoms with Crippen LogP contribution in [0.1, 0.15) is 35.6 Å². The second-order valence-corrected chi connectivity index (χ2v) is 10.7. The van der Waals surface area contributed by atoms with Gasteiger partial charge in [0.1, 0.15) is 24.4 Å². The van der Waals surface area contributed by atoms with Gasteiger partial charge in [-0.3, -0.25) is 4.79 Å². The first-order valence-corrected chi connectivity index (χ1v) is 12.9. The molecule has 3 aromatic rings. The summed E-state index contributed by atoms with van der Waals surface area (Å²) in [6, 6.07) is 7.32. The zero-order chi connectivity index (χ0) is 24.4. The third-order valence-electron chi connectivity index (χ3n) is 6.00. The van der Waals surface area contributed by atoms with Crippen molar-refractivity contribution in [3.05, 3.63) is 62.4 Å². The molecule has 1 aliphatic rings. The maximum absolute atomic E-state index is 11.8. The molecule has 0 aliphatic carbocycles. The van der Waals surface area contributed by atoms with Crippen LogP contribution >= 0.6 is 34.3 Å². The summed E-state index contributed by atoms with van der Waals surface area (Å²) >= 11 is 9.68. The third-order valence-corrected chi connectivity index (χ3v) is 8.10. The summed E-state index contributed by atoms with van der Waals surface area (Å²) in [6.45, 7) is 1.66. The van der Waals surface area contributed by atoms with Gasteiger partial charge in [0, 0.05) is 23.2 Å². The van der Waals surface area contributed by atoms with Gasteiger partial charge in [0.15, 0.2) is 0 Å². The minimum atomic E-state index is -1.43. The fourth-order valence-corrected chi connectivity index (χ4v) is 5.92. The summed E-state index contributed by atoms with van der Waals surface area (Å²) in [6.07, 6.45) is -3.39. The first kappa shape index (κ1) is 25.2. The molecule has 1 aromatic carbocycles. The van der Waals surface area contributed by atoms with Crippen molar-refractivity contribution >= 4 is 40.2 Å². The predicted octanol–water partition coefficient (Wildman–Crippen LogP) is 3.84. The normalized spacial score (nSPS) is 25.8. The lowest BCUT2D eigenvalue weighted by Crippen LogP contribution is -2.54. The number of rotatable bonds is 7. The molecule has 1 fully saturated rings. The maximum Gasteiger partial charge on any atom is 0.308 e. The van der Waals surface area contributed by atoms with Crippen LogP contribution in [-0.2, 0) is 20.7 Å². The van der Waals surface area contributed by atoms with E-state index in [1.54, 1.807) is 41.7 Å². The molecule has 0 amide bonds. The topological polar surface area (TPSA) is 109 Å². The van der Waals surface area contributed by atoms with Crippen LogP contribution in [-0.4, -0.2) is 57.8 Å². The van der Waals surface area contributed by atoms with Gasteiger partial charge >= 0.3 is 5.97 Å². The highest BCUT2D eigenvalue weighted by Gasteiger charge is 2.45. The SMILES string of the molecule is COC(=O)C(C)C[C@H]1O[C@@H](c2ccc(Cl)c(Cc3ncc(-c4ccsc4)s3)c2)[C@H](O)[C@H](O)[C@@H]1O. The highest BCUT2D eigenvalue weighted by Crippen LogP contribution is 2.37. The summed E-state index contributed by atoms with van der Waals surface area (Å²) in [5, 5.41) is 37.1. The number of aliphatic hydroxyl groups excluding tert-OH is 3. The van der Waals surface area contributed by atoms with Crippen LogP contribution < -0.4 is 0 Å². The number of hydrogen-bond acceptors (Lipinski definition) is 9. The molecule has 7 nitrogen and oxygen atoms in total. The first-order chi connectivity index (χ1) is 16.3. The number of methoxy groups -OCH3 is 1. The number of ether oxygens (including phenoxy) is 2. The fourth-order valence-electron chi connectivity index (χ4n) is 4.07. The van der Waals surface area contributed by atoms with Crippen molar-refractivity contribution in [3.8, 4) is 10.4 Å². The van der Waals surface area contributed by atoms with Gasteiger partial charge in [0.05, 0.1) is 29.0 Å². The molecule has 10 heteroatoms. The summed E-state index contributed by atoms with van der Waals surface area (Å²) in [7, 11) is 1.29. The maximum atomic E-state index is 11.8. The molecule has 0 saturated carbocycles. The van der Waals surface area contributed by atoms with E-state index in [4.69, 9.17) is 21.1 Å².